The molecule has 0 N–H and O–H groups in total. The van der Waals surface area contributed by atoms with Crippen LogP contribution in [0, 0.1) is 0 Å². The second-order valence-corrected chi connectivity index (χ2v) is 4.66. The van der Waals surface area contributed by atoms with Gasteiger partial charge in [-0.25, -0.2) is 0 Å². The lowest BCUT2D eigenvalue weighted by molar-refractivity contribution is -0.903. The standard InChI is InChI=1S/C13H22N.BrH/c1-4-5-11-14(2,3)12-13-9-7-6-8-10-13;/h6-10H,4-5,11-12H2,1-3H3;1H/q+1;/p-1. The van der Waals surface area contributed by atoms with Crippen molar-refractivity contribution in [1.82, 2.24) is 0 Å². The summed E-state index contributed by atoms with van der Waals surface area (Å²) >= 11 is 0. The molecule has 0 spiro atoms. The SMILES string of the molecule is CCCC[N+](C)(C)Cc1ccccc1.[Br-]. The molecule has 1 aromatic rings. The van der Waals surface area contributed by atoms with E-state index in [1.807, 2.05) is 0 Å². The first-order chi connectivity index (χ1) is 6.64. The van der Waals surface area contributed by atoms with Crippen LogP contribution in [0.25, 0.3) is 0 Å². The van der Waals surface area contributed by atoms with Gasteiger partial charge in [0.1, 0.15) is 6.54 Å². The van der Waals surface area contributed by atoms with Gasteiger partial charge in [0, 0.05) is 5.56 Å². The van der Waals surface area contributed by atoms with Crippen molar-refractivity contribution in [1.29, 1.82) is 0 Å². The average molecular weight is 272 g/mol. The second-order valence-electron chi connectivity index (χ2n) is 4.66. The smallest absolute Gasteiger partial charge is 0.104 e. The van der Waals surface area contributed by atoms with Crippen molar-refractivity contribution in [3.8, 4) is 0 Å². The monoisotopic (exact) mass is 271 g/mol. The van der Waals surface area contributed by atoms with E-state index in [9.17, 15) is 0 Å². The summed E-state index contributed by atoms with van der Waals surface area (Å²) in [4.78, 5) is 0. The summed E-state index contributed by atoms with van der Waals surface area (Å²) in [6.07, 6.45) is 2.61. The van der Waals surface area contributed by atoms with Gasteiger partial charge in [-0.15, -0.1) is 0 Å². The lowest BCUT2D eigenvalue weighted by atomic mass is 10.2. The molecule has 0 aliphatic heterocycles. The molecule has 0 bridgehead atoms. The van der Waals surface area contributed by atoms with Crippen molar-refractivity contribution in [3.05, 3.63) is 35.9 Å². The summed E-state index contributed by atoms with van der Waals surface area (Å²) in [5.41, 5.74) is 1.44. The highest BCUT2D eigenvalue weighted by Crippen LogP contribution is 2.10. The zero-order valence-corrected chi connectivity index (χ0v) is 11.6. The van der Waals surface area contributed by atoms with Crippen molar-refractivity contribution < 1.29 is 21.5 Å². The first-order valence-corrected chi connectivity index (χ1v) is 5.50. The fraction of sp³-hybridized carbons (Fsp3) is 0.538. The van der Waals surface area contributed by atoms with Crippen LogP contribution in [0.2, 0.25) is 0 Å². The summed E-state index contributed by atoms with van der Waals surface area (Å²) in [5.74, 6) is 0. The number of unbranched alkanes of at least 4 members (excludes halogenated alkanes) is 1. The predicted molar refractivity (Wildman–Crippen MR) is 62.0 cm³/mol. The Balaban J connectivity index is 0.00000196. The Morgan fingerprint density at radius 3 is 2.20 bits per heavy atom. The highest BCUT2D eigenvalue weighted by atomic mass is 79.9. The maximum atomic E-state index is 2.31. The number of nitrogens with zero attached hydrogens (tertiary/aromatic N) is 1. The largest absolute Gasteiger partial charge is 1.00 e. The van der Waals surface area contributed by atoms with Gasteiger partial charge in [0.15, 0.2) is 0 Å². The molecule has 0 atom stereocenters. The normalized spacial score (nSPS) is 10.9. The third-order valence-electron chi connectivity index (χ3n) is 2.57. The molecule has 86 valence electrons. The van der Waals surface area contributed by atoms with Crippen molar-refractivity contribution >= 4 is 0 Å². The fourth-order valence-electron chi connectivity index (χ4n) is 1.74. The zero-order chi connectivity index (χ0) is 10.4. The van der Waals surface area contributed by atoms with Crippen molar-refractivity contribution in [2.75, 3.05) is 20.6 Å². The van der Waals surface area contributed by atoms with Crippen LogP contribution in [0.5, 0.6) is 0 Å². The van der Waals surface area contributed by atoms with Crippen LogP contribution in [-0.2, 0) is 6.54 Å². The Morgan fingerprint density at radius 1 is 1.07 bits per heavy atom. The minimum atomic E-state index is 0. The Hall–Kier alpha value is -0.340. The molecule has 0 unspecified atom stereocenters. The van der Waals surface area contributed by atoms with Crippen LogP contribution in [-0.4, -0.2) is 25.1 Å². The van der Waals surface area contributed by atoms with Crippen molar-refractivity contribution in [2.24, 2.45) is 0 Å². The predicted octanol–water partition coefficient (Wildman–Crippen LogP) is 0.0671. The molecular weight excluding hydrogens is 250 g/mol. The Labute approximate surface area is 104 Å². The number of hydrogen-bond acceptors (Lipinski definition) is 0. The van der Waals surface area contributed by atoms with Crippen LogP contribution < -0.4 is 17.0 Å². The van der Waals surface area contributed by atoms with Gasteiger partial charge in [-0.1, -0.05) is 43.7 Å². The molecule has 0 aliphatic rings. The molecule has 0 radical (unpaired) electrons. The van der Waals surface area contributed by atoms with Crippen LogP contribution in [0.3, 0.4) is 0 Å². The van der Waals surface area contributed by atoms with Gasteiger partial charge < -0.3 is 21.5 Å². The number of halogens is 1. The molecule has 0 aliphatic carbocycles. The molecule has 1 aromatic carbocycles. The van der Waals surface area contributed by atoms with Gasteiger partial charge in [-0.05, 0) is 6.42 Å². The molecule has 0 saturated heterocycles. The number of benzene rings is 1. The molecule has 0 saturated carbocycles. The molecule has 0 amide bonds. The van der Waals surface area contributed by atoms with E-state index in [0.717, 1.165) is 11.0 Å². The maximum Gasteiger partial charge on any atom is 0.104 e. The first-order valence-electron chi connectivity index (χ1n) is 5.50. The summed E-state index contributed by atoms with van der Waals surface area (Å²) in [6.45, 7) is 4.66. The molecular formula is C13H22BrN. The average Bonchev–Trinajstić information content (AvgIpc) is 2.16. The minimum Gasteiger partial charge on any atom is -1.00 e. The van der Waals surface area contributed by atoms with E-state index < -0.39 is 0 Å². The Kier molecular flexibility index (Phi) is 6.86. The van der Waals surface area contributed by atoms with Crippen LogP contribution in [0.4, 0.5) is 0 Å². The fourth-order valence-corrected chi connectivity index (χ4v) is 1.74. The van der Waals surface area contributed by atoms with Gasteiger partial charge in [0.2, 0.25) is 0 Å². The van der Waals surface area contributed by atoms with Gasteiger partial charge in [-0.3, -0.25) is 0 Å². The van der Waals surface area contributed by atoms with Gasteiger partial charge in [0.25, 0.3) is 0 Å². The molecule has 1 nitrogen and oxygen atoms in total. The van der Waals surface area contributed by atoms with Gasteiger partial charge in [0.05, 0.1) is 20.6 Å². The summed E-state index contributed by atoms with van der Waals surface area (Å²) in [5, 5.41) is 0. The third kappa shape index (κ3) is 5.95. The van der Waals surface area contributed by atoms with Gasteiger partial charge >= 0.3 is 0 Å². The number of hydrogen-bond donors (Lipinski definition) is 0. The van der Waals surface area contributed by atoms with Crippen molar-refractivity contribution in [3.63, 3.8) is 0 Å². The molecule has 0 aromatic heterocycles. The van der Waals surface area contributed by atoms with E-state index in [1.54, 1.807) is 0 Å². The highest BCUT2D eigenvalue weighted by molar-refractivity contribution is 5.13. The lowest BCUT2D eigenvalue weighted by Gasteiger charge is -2.29. The van der Waals surface area contributed by atoms with E-state index in [-0.39, 0.29) is 17.0 Å². The summed E-state index contributed by atoms with van der Waals surface area (Å²) < 4.78 is 1.10. The lowest BCUT2D eigenvalue weighted by Crippen LogP contribution is -3.00. The second kappa shape index (κ2) is 7.02. The Bertz CT molecular complexity index is 256. The minimum absolute atomic E-state index is 0. The molecule has 1 rings (SSSR count). The number of quaternary nitrogens is 1. The van der Waals surface area contributed by atoms with E-state index in [2.05, 4.69) is 51.4 Å². The van der Waals surface area contributed by atoms with E-state index in [4.69, 9.17) is 0 Å². The molecule has 0 fully saturated rings. The van der Waals surface area contributed by atoms with Gasteiger partial charge in [-0.2, -0.15) is 0 Å². The molecule has 2 heteroatoms. The van der Waals surface area contributed by atoms with Crippen LogP contribution in [0.1, 0.15) is 25.3 Å². The van der Waals surface area contributed by atoms with E-state index >= 15 is 0 Å². The Morgan fingerprint density at radius 2 is 1.67 bits per heavy atom. The first kappa shape index (κ1) is 14.7. The molecule has 0 heterocycles. The summed E-state index contributed by atoms with van der Waals surface area (Å²) in [7, 11) is 4.62. The van der Waals surface area contributed by atoms with E-state index in [0.29, 0.717) is 0 Å². The van der Waals surface area contributed by atoms with Crippen LogP contribution in [0.15, 0.2) is 30.3 Å². The third-order valence-corrected chi connectivity index (χ3v) is 2.57. The van der Waals surface area contributed by atoms with Crippen molar-refractivity contribution in [2.45, 2.75) is 26.3 Å². The maximum absolute atomic E-state index is 2.31. The topological polar surface area (TPSA) is 0 Å². The zero-order valence-electron chi connectivity index (χ0n) is 10.0. The van der Waals surface area contributed by atoms with E-state index in [1.165, 1.54) is 24.9 Å². The molecule has 15 heavy (non-hydrogen) atoms. The highest BCUT2D eigenvalue weighted by Gasteiger charge is 2.14. The summed E-state index contributed by atoms with van der Waals surface area (Å²) in [6, 6.07) is 10.7. The quantitative estimate of drug-likeness (QED) is 0.665. The number of rotatable bonds is 5. The van der Waals surface area contributed by atoms with Crippen LogP contribution >= 0.6 is 0 Å².